The predicted molar refractivity (Wildman–Crippen MR) is 76.3 cm³/mol. The van der Waals surface area contributed by atoms with Gasteiger partial charge in [-0.2, -0.15) is 0 Å². The Kier molecular flexibility index (Phi) is 3.84. The molecule has 0 atom stereocenters. The van der Waals surface area contributed by atoms with Crippen molar-refractivity contribution in [1.82, 2.24) is 4.98 Å². The maximum absolute atomic E-state index is 11.8. The SMILES string of the molecule is COC(=O)c1ccnc(Cl)c1B1OC(C)(C)C(C)(C)O1. The Morgan fingerprint density at radius 3 is 2.35 bits per heavy atom. The quantitative estimate of drug-likeness (QED) is 0.473. The van der Waals surface area contributed by atoms with E-state index >= 15 is 0 Å². The summed E-state index contributed by atoms with van der Waals surface area (Å²) in [5.74, 6) is -0.501. The van der Waals surface area contributed by atoms with E-state index in [1.165, 1.54) is 19.4 Å². The predicted octanol–water partition coefficient (Wildman–Crippen LogP) is 1.82. The van der Waals surface area contributed by atoms with Gasteiger partial charge in [0, 0.05) is 11.7 Å². The van der Waals surface area contributed by atoms with Gasteiger partial charge in [0.15, 0.2) is 0 Å². The van der Waals surface area contributed by atoms with E-state index in [-0.39, 0.29) is 5.15 Å². The van der Waals surface area contributed by atoms with Crippen LogP contribution >= 0.6 is 11.6 Å². The summed E-state index contributed by atoms with van der Waals surface area (Å²) in [6.45, 7) is 7.70. The van der Waals surface area contributed by atoms with Crippen LogP contribution in [0.4, 0.5) is 0 Å². The molecule has 2 rings (SSSR count). The first kappa shape index (κ1) is 15.3. The second-order valence-corrected chi connectivity index (χ2v) is 6.00. The first-order valence-corrected chi connectivity index (χ1v) is 6.66. The van der Waals surface area contributed by atoms with E-state index in [1.807, 2.05) is 27.7 Å². The summed E-state index contributed by atoms with van der Waals surface area (Å²) in [6, 6.07) is 1.54. The summed E-state index contributed by atoms with van der Waals surface area (Å²) in [7, 11) is 0.556. The van der Waals surface area contributed by atoms with Crippen LogP contribution in [0.3, 0.4) is 0 Å². The number of pyridine rings is 1. The third-order valence-corrected chi connectivity index (χ3v) is 4.14. The van der Waals surface area contributed by atoms with Crippen molar-refractivity contribution in [3.05, 3.63) is 23.0 Å². The molecule has 1 aliphatic heterocycles. The number of esters is 1. The van der Waals surface area contributed by atoms with E-state index in [4.69, 9.17) is 25.6 Å². The molecule has 1 aromatic rings. The molecule has 0 spiro atoms. The van der Waals surface area contributed by atoms with Crippen LogP contribution < -0.4 is 5.46 Å². The van der Waals surface area contributed by atoms with Gasteiger partial charge < -0.3 is 14.0 Å². The van der Waals surface area contributed by atoms with E-state index in [0.717, 1.165) is 0 Å². The molecule has 0 N–H and O–H groups in total. The number of methoxy groups -OCH3 is 1. The second kappa shape index (κ2) is 5.02. The monoisotopic (exact) mass is 297 g/mol. The summed E-state index contributed by atoms with van der Waals surface area (Å²) in [6.07, 6.45) is 1.45. The highest BCUT2D eigenvalue weighted by Crippen LogP contribution is 2.37. The number of hydrogen-bond donors (Lipinski definition) is 0. The molecule has 0 radical (unpaired) electrons. The van der Waals surface area contributed by atoms with Gasteiger partial charge in [-0.3, -0.25) is 0 Å². The summed E-state index contributed by atoms with van der Waals surface area (Å²) >= 11 is 6.12. The molecule has 5 nitrogen and oxygen atoms in total. The average molecular weight is 298 g/mol. The van der Waals surface area contributed by atoms with Crippen molar-refractivity contribution in [2.45, 2.75) is 38.9 Å². The minimum Gasteiger partial charge on any atom is -0.465 e. The zero-order valence-corrected chi connectivity index (χ0v) is 12.9. The van der Waals surface area contributed by atoms with Crippen LogP contribution in [0, 0.1) is 0 Å². The summed E-state index contributed by atoms with van der Waals surface area (Å²) < 4.78 is 16.6. The number of carbonyl (C=O) groups is 1. The van der Waals surface area contributed by atoms with E-state index < -0.39 is 24.3 Å². The fourth-order valence-electron chi connectivity index (χ4n) is 1.92. The lowest BCUT2D eigenvalue weighted by atomic mass is 9.77. The molecule has 0 unspecified atom stereocenters. The van der Waals surface area contributed by atoms with Gasteiger partial charge in [0.05, 0.1) is 23.9 Å². The molecule has 7 heteroatoms. The topological polar surface area (TPSA) is 57.7 Å². The van der Waals surface area contributed by atoms with Crippen molar-refractivity contribution in [2.75, 3.05) is 7.11 Å². The molecule has 0 aromatic carbocycles. The van der Waals surface area contributed by atoms with Crippen LogP contribution in [0.15, 0.2) is 12.3 Å². The lowest BCUT2D eigenvalue weighted by molar-refractivity contribution is 0.00578. The maximum Gasteiger partial charge on any atom is 0.498 e. The van der Waals surface area contributed by atoms with E-state index in [2.05, 4.69) is 4.98 Å². The molecule has 108 valence electrons. The molecule has 20 heavy (non-hydrogen) atoms. The number of halogens is 1. The third kappa shape index (κ3) is 2.43. The van der Waals surface area contributed by atoms with Crippen LogP contribution in [0.25, 0.3) is 0 Å². The Bertz CT molecular complexity index is 531. The molecule has 0 bridgehead atoms. The number of aromatic nitrogens is 1. The molecule has 2 heterocycles. The zero-order chi connectivity index (χ0) is 15.1. The molecular formula is C13H17BClNO4. The minimum absolute atomic E-state index is 0.173. The lowest BCUT2D eigenvalue weighted by Gasteiger charge is -2.32. The normalized spacial score (nSPS) is 20.0. The van der Waals surface area contributed by atoms with Gasteiger partial charge in [-0.25, -0.2) is 9.78 Å². The second-order valence-electron chi connectivity index (χ2n) is 5.64. The lowest BCUT2D eigenvalue weighted by Crippen LogP contribution is -2.41. The number of nitrogens with zero attached hydrogens (tertiary/aromatic N) is 1. The van der Waals surface area contributed by atoms with Crippen molar-refractivity contribution >= 4 is 30.2 Å². The van der Waals surface area contributed by atoms with Crippen LogP contribution in [0.2, 0.25) is 5.15 Å². The highest BCUT2D eigenvalue weighted by Gasteiger charge is 2.53. The average Bonchev–Trinajstić information content (AvgIpc) is 2.56. The standard InChI is InChI=1S/C13H17BClNO4/c1-12(2)13(3,4)20-14(19-12)9-8(11(17)18-5)6-7-16-10(9)15/h6-7H,1-5H3. The van der Waals surface area contributed by atoms with Crippen LogP contribution in [-0.2, 0) is 14.0 Å². The minimum atomic E-state index is -0.754. The Balaban J connectivity index is 2.47. The Hall–Kier alpha value is -1.11. The fraction of sp³-hybridized carbons (Fsp3) is 0.538. The van der Waals surface area contributed by atoms with Gasteiger partial charge in [-0.1, -0.05) is 11.6 Å². The highest BCUT2D eigenvalue weighted by molar-refractivity contribution is 6.66. The molecule has 1 aliphatic rings. The molecule has 1 fully saturated rings. The van der Waals surface area contributed by atoms with Crippen molar-refractivity contribution in [3.8, 4) is 0 Å². The largest absolute Gasteiger partial charge is 0.498 e. The summed E-state index contributed by atoms with van der Waals surface area (Å²) in [5.41, 5.74) is -0.347. The number of rotatable bonds is 2. The van der Waals surface area contributed by atoms with Gasteiger partial charge in [-0.05, 0) is 33.8 Å². The Labute approximate surface area is 123 Å². The Morgan fingerprint density at radius 1 is 1.30 bits per heavy atom. The molecule has 1 aromatic heterocycles. The first-order valence-electron chi connectivity index (χ1n) is 6.28. The fourth-order valence-corrected chi connectivity index (χ4v) is 2.17. The van der Waals surface area contributed by atoms with Gasteiger partial charge in [0.1, 0.15) is 5.15 Å². The maximum atomic E-state index is 11.8. The van der Waals surface area contributed by atoms with Crippen molar-refractivity contribution < 1.29 is 18.8 Å². The van der Waals surface area contributed by atoms with E-state index in [9.17, 15) is 4.79 Å². The highest BCUT2D eigenvalue weighted by atomic mass is 35.5. The third-order valence-electron chi connectivity index (χ3n) is 3.84. The first-order chi connectivity index (χ1) is 9.19. The molecular weight excluding hydrogens is 280 g/mol. The van der Waals surface area contributed by atoms with Crippen molar-refractivity contribution in [3.63, 3.8) is 0 Å². The van der Waals surface area contributed by atoms with Crippen LogP contribution in [0.5, 0.6) is 0 Å². The van der Waals surface area contributed by atoms with Gasteiger partial charge >= 0.3 is 13.1 Å². The number of carbonyl (C=O) groups excluding carboxylic acids is 1. The van der Waals surface area contributed by atoms with Crippen LogP contribution in [-0.4, -0.2) is 36.4 Å². The van der Waals surface area contributed by atoms with E-state index in [0.29, 0.717) is 11.0 Å². The number of ether oxygens (including phenoxy) is 1. The molecule has 0 saturated carbocycles. The smallest absolute Gasteiger partial charge is 0.465 e. The number of hydrogen-bond acceptors (Lipinski definition) is 5. The summed E-state index contributed by atoms with van der Waals surface area (Å²) in [5, 5.41) is 0.173. The van der Waals surface area contributed by atoms with Gasteiger partial charge in [0.2, 0.25) is 0 Å². The van der Waals surface area contributed by atoms with Crippen molar-refractivity contribution in [2.24, 2.45) is 0 Å². The van der Waals surface area contributed by atoms with Gasteiger partial charge in [-0.15, -0.1) is 0 Å². The Morgan fingerprint density at radius 2 is 1.85 bits per heavy atom. The zero-order valence-electron chi connectivity index (χ0n) is 12.2. The molecule has 0 aliphatic carbocycles. The molecule has 1 saturated heterocycles. The van der Waals surface area contributed by atoms with Gasteiger partial charge in [0.25, 0.3) is 0 Å². The van der Waals surface area contributed by atoms with Crippen LogP contribution in [0.1, 0.15) is 38.1 Å². The summed E-state index contributed by atoms with van der Waals surface area (Å²) in [4.78, 5) is 15.8. The molecule has 0 amide bonds. The van der Waals surface area contributed by atoms with E-state index in [1.54, 1.807) is 0 Å². The van der Waals surface area contributed by atoms with Crippen molar-refractivity contribution in [1.29, 1.82) is 0 Å².